The second kappa shape index (κ2) is 9.73. The highest BCUT2D eigenvalue weighted by Gasteiger charge is 2.15. The molecule has 0 saturated heterocycles. The number of rotatable bonds is 7. The van der Waals surface area contributed by atoms with Gasteiger partial charge in [-0.1, -0.05) is 44.4 Å². The Balaban J connectivity index is 4.28. The summed E-state index contributed by atoms with van der Waals surface area (Å²) in [6.45, 7) is 6.34. The average molecular weight is 229 g/mol. The molecule has 0 heterocycles. The minimum absolute atomic E-state index is 0.247. The Morgan fingerprint density at radius 1 is 1.29 bits per heavy atom. The standard InChI is InChI=1S/C16H23N/c1-5-9-15(6-2)16(7-3)12-11-14(4)10-8-13-17/h2,5,8-10,14-16H,7,11-12H2,1,3-4H3/b9-5-,10-8+. The van der Waals surface area contributed by atoms with Crippen LogP contribution in [0.5, 0.6) is 0 Å². The Morgan fingerprint density at radius 2 is 2.00 bits per heavy atom. The van der Waals surface area contributed by atoms with Crippen molar-refractivity contribution in [1.29, 1.82) is 5.26 Å². The lowest BCUT2D eigenvalue weighted by Crippen LogP contribution is -2.11. The largest absolute Gasteiger partial charge is 0.193 e. The summed E-state index contributed by atoms with van der Waals surface area (Å²) in [5.74, 6) is 4.11. The first-order valence-electron chi connectivity index (χ1n) is 6.34. The summed E-state index contributed by atoms with van der Waals surface area (Å²) in [6.07, 6.45) is 16.6. The van der Waals surface area contributed by atoms with Crippen LogP contribution in [0.3, 0.4) is 0 Å². The zero-order valence-electron chi connectivity index (χ0n) is 11.2. The SMILES string of the molecule is C#CC(/C=C\C)C(CC)CCC(C)/C=C/C#N. The molecule has 0 N–H and O–H groups in total. The molecule has 0 aliphatic rings. The molecule has 1 heteroatoms. The molecule has 0 aromatic carbocycles. The number of terminal acetylenes is 1. The molecule has 0 aromatic heterocycles. The van der Waals surface area contributed by atoms with Gasteiger partial charge >= 0.3 is 0 Å². The lowest BCUT2D eigenvalue weighted by molar-refractivity contribution is 0.385. The van der Waals surface area contributed by atoms with Crippen molar-refractivity contribution in [2.45, 2.75) is 40.0 Å². The van der Waals surface area contributed by atoms with E-state index in [1.165, 1.54) is 0 Å². The van der Waals surface area contributed by atoms with E-state index < -0.39 is 0 Å². The molecule has 0 rings (SSSR count). The summed E-state index contributed by atoms with van der Waals surface area (Å²) in [5.41, 5.74) is 0. The van der Waals surface area contributed by atoms with E-state index in [1.54, 1.807) is 6.08 Å². The van der Waals surface area contributed by atoms with Gasteiger partial charge in [0.2, 0.25) is 0 Å². The molecule has 0 bridgehead atoms. The van der Waals surface area contributed by atoms with Gasteiger partial charge in [-0.2, -0.15) is 5.26 Å². The second-order valence-corrected chi connectivity index (χ2v) is 4.43. The van der Waals surface area contributed by atoms with Crippen molar-refractivity contribution in [2.24, 2.45) is 17.8 Å². The molecule has 0 aliphatic carbocycles. The molecule has 0 spiro atoms. The number of hydrogen-bond donors (Lipinski definition) is 0. The number of nitrogens with zero attached hydrogens (tertiary/aromatic N) is 1. The van der Waals surface area contributed by atoms with E-state index in [0.29, 0.717) is 11.8 Å². The van der Waals surface area contributed by atoms with Crippen molar-refractivity contribution in [3.8, 4) is 18.4 Å². The Hall–Kier alpha value is -1.47. The van der Waals surface area contributed by atoms with Crippen LogP contribution >= 0.6 is 0 Å². The van der Waals surface area contributed by atoms with E-state index in [2.05, 4.69) is 25.8 Å². The molecule has 0 saturated carbocycles. The van der Waals surface area contributed by atoms with Gasteiger partial charge < -0.3 is 0 Å². The van der Waals surface area contributed by atoms with E-state index in [4.69, 9.17) is 11.7 Å². The van der Waals surface area contributed by atoms with Gasteiger partial charge in [0, 0.05) is 12.0 Å². The maximum atomic E-state index is 8.46. The fraction of sp³-hybridized carbons (Fsp3) is 0.562. The number of nitriles is 1. The molecular weight excluding hydrogens is 206 g/mol. The van der Waals surface area contributed by atoms with E-state index in [9.17, 15) is 0 Å². The summed E-state index contributed by atoms with van der Waals surface area (Å²) in [7, 11) is 0. The highest BCUT2D eigenvalue weighted by Crippen LogP contribution is 2.24. The molecule has 0 aliphatic heterocycles. The van der Waals surface area contributed by atoms with Gasteiger partial charge in [0.15, 0.2) is 0 Å². The van der Waals surface area contributed by atoms with Crippen LogP contribution in [0.15, 0.2) is 24.3 Å². The monoisotopic (exact) mass is 229 g/mol. The molecule has 3 atom stereocenters. The Kier molecular flexibility index (Phi) is 8.89. The summed E-state index contributed by atoms with van der Waals surface area (Å²) in [4.78, 5) is 0. The van der Waals surface area contributed by atoms with E-state index in [-0.39, 0.29) is 5.92 Å². The lowest BCUT2D eigenvalue weighted by Gasteiger charge is -2.20. The fourth-order valence-corrected chi connectivity index (χ4v) is 1.97. The van der Waals surface area contributed by atoms with Crippen molar-refractivity contribution in [3.05, 3.63) is 24.3 Å². The minimum atomic E-state index is 0.247. The molecule has 0 radical (unpaired) electrons. The fourth-order valence-electron chi connectivity index (χ4n) is 1.97. The first-order valence-corrected chi connectivity index (χ1v) is 6.34. The molecule has 1 nitrogen and oxygen atoms in total. The van der Waals surface area contributed by atoms with Crippen LogP contribution in [-0.2, 0) is 0 Å². The van der Waals surface area contributed by atoms with E-state index >= 15 is 0 Å². The molecule has 17 heavy (non-hydrogen) atoms. The average Bonchev–Trinajstić information content (AvgIpc) is 2.35. The predicted molar refractivity (Wildman–Crippen MR) is 74.1 cm³/mol. The van der Waals surface area contributed by atoms with E-state index in [0.717, 1.165) is 19.3 Å². The highest BCUT2D eigenvalue weighted by atomic mass is 14.2. The third-order valence-corrected chi connectivity index (χ3v) is 3.12. The van der Waals surface area contributed by atoms with Crippen LogP contribution in [0.25, 0.3) is 0 Å². The summed E-state index contributed by atoms with van der Waals surface area (Å²) in [5, 5.41) is 8.46. The number of hydrogen-bond acceptors (Lipinski definition) is 1. The van der Waals surface area contributed by atoms with Gasteiger partial charge in [-0.3, -0.25) is 0 Å². The van der Waals surface area contributed by atoms with Crippen LogP contribution < -0.4 is 0 Å². The van der Waals surface area contributed by atoms with Crippen molar-refractivity contribution in [3.63, 3.8) is 0 Å². The summed E-state index contributed by atoms with van der Waals surface area (Å²) < 4.78 is 0. The maximum Gasteiger partial charge on any atom is 0.0908 e. The van der Waals surface area contributed by atoms with Gasteiger partial charge in [0.05, 0.1) is 6.07 Å². The molecule has 0 amide bonds. The van der Waals surface area contributed by atoms with E-state index in [1.807, 2.05) is 25.1 Å². The maximum absolute atomic E-state index is 8.46. The quantitative estimate of drug-likeness (QED) is 0.362. The van der Waals surface area contributed by atoms with Crippen LogP contribution in [0, 0.1) is 41.4 Å². The zero-order chi connectivity index (χ0) is 13.1. The normalized spacial score (nSPS) is 16.5. The molecule has 0 aromatic rings. The molecule has 92 valence electrons. The molecule has 3 unspecified atom stereocenters. The Labute approximate surface area is 106 Å². The minimum Gasteiger partial charge on any atom is -0.193 e. The van der Waals surface area contributed by atoms with Crippen molar-refractivity contribution < 1.29 is 0 Å². The van der Waals surface area contributed by atoms with Gasteiger partial charge in [0.25, 0.3) is 0 Å². The first kappa shape index (κ1) is 15.5. The van der Waals surface area contributed by atoms with Gasteiger partial charge in [-0.25, -0.2) is 0 Å². The van der Waals surface area contributed by atoms with Crippen LogP contribution in [0.4, 0.5) is 0 Å². The lowest BCUT2D eigenvalue weighted by atomic mass is 9.84. The van der Waals surface area contributed by atoms with Crippen molar-refractivity contribution >= 4 is 0 Å². The van der Waals surface area contributed by atoms with Crippen molar-refractivity contribution in [2.75, 3.05) is 0 Å². The Morgan fingerprint density at radius 3 is 2.47 bits per heavy atom. The molecule has 0 fully saturated rings. The van der Waals surface area contributed by atoms with Crippen molar-refractivity contribution in [1.82, 2.24) is 0 Å². The van der Waals surface area contributed by atoms with Crippen LogP contribution in [0.1, 0.15) is 40.0 Å². The zero-order valence-corrected chi connectivity index (χ0v) is 11.2. The predicted octanol–water partition coefficient (Wildman–Crippen LogP) is 4.33. The number of allylic oxidation sites excluding steroid dienone is 4. The van der Waals surface area contributed by atoms with Gasteiger partial charge in [0.1, 0.15) is 0 Å². The third kappa shape index (κ3) is 6.64. The summed E-state index contributed by atoms with van der Waals surface area (Å²) >= 11 is 0. The van der Waals surface area contributed by atoms with Gasteiger partial charge in [-0.15, -0.1) is 6.42 Å². The Bertz CT molecular complexity index is 324. The first-order chi connectivity index (χ1) is 8.19. The highest BCUT2D eigenvalue weighted by molar-refractivity contribution is 5.07. The second-order valence-electron chi connectivity index (χ2n) is 4.43. The van der Waals surface area contributed by atoms with Crippen LogP contribution in [0.2, 0.25) is 0 Å². The molecular formula is C16H23N. The smallest absolute Gasteiger partial charge is 0.0908 e. The van der Waals surface area contributed by atoms with Crippen LogP contribution in [-0.4, -0.2) is 0 Å². The third-order valence-electron chi connectivity index (χ3n) is 3.12. The van der Waals surface area contributed by atoms with Gasteiger partial charge in [-0.05, 0) is 31.6 Å². The summed E-state index contributed by atoms with van der Waals surface area (Å²) in [6, 6.07) is 2.03. The topological polar surface area (TPSA) is 23.8 Å².